The van der Waals surface area contributed by atoms with Gasteiger partial charge >= 0.3 is 0 Å². The van der Waals surface area contributed by atoms with Crippen LogP contribution in [0.1, 0.15) is 69.9 Å². The molecule has 1 aromatic rings. The molecule has 20 heavy (non-hydrogen) atoms. The first-order valence-electron chi connectivity index (χ1n) is 8.55. The van der Waals surface area contributed by atoms with Crippen molar-refractivity contribution in [3.63, 3.8) is 0 Å². The molecule has 1 N–H and O–H groups in total. The molecule has 0 aliphatic rings. The second-order valence-electron chi connectivity index (χ2n) is 5.98. The predicted octanol–water partition coefficient (Wildman–Crippen LogP) is 5.27. The van der Waals surface area contributed by atoms with E-state index in [1.165, 1.54) is 62.5 Å². The van der Waals surface area contributed by atoms with Crippen molar-refractivity contribution >= 4 is 0 Å². The summed E-state index contributed by atoms with van der Waals surface area (Å²) in [6, 6.07) is 9.47. The van der Waals surface area contributed by atoms with Crippen molar-refractivity contribution in [1.82, 2.24) is 5.32 Å². The molecule has 0 aliphatic heterocycles. The van der Waals surface area contributed by atoms with Crippen LogP contribution < -0.4 is 5.32 Å². The summed E-state index contributed by atoms with van der Waals surface area (Å²) < 4.78 is 0. The van der Waals surface area contributed by atoms with Crippen LogP contribution in [0.25, 0.3) is 0 Å². The minimum Gasteiger partial charge on any atom is -0.314 e. The van der Waals surface area contributed by atoms with Gasteiger partial charge in [0.25, 0.3) is 0 Å². The first-order valence-corrected chi connectivity index (χ1v) is 8.55. The Hall–Kier alpha value is -0.820. The molecule has 1 rings (SSSR count). The van der Waals surface area contributed by atoms with Gasteiger partial charge in [-0.25, -0.2) is 0 Å². The van der Waals surface area contributed by atoms with Crippen molar-refractivity contribution in [2.24, 2.45) is 0 Å². The lowest BCUT2D eigenvalue weighted by Gasteiger charge is -2.19. The average Bonchev–Trinajstić information content (AvgIpc) is 2.46. The summed E-state index contributed by atoms with van der Waals surface area (Å²) in [4.78, 5) is 0. The normalized spacial score (nSPS) is 12.6. The van der Waals surface area contributed by atoms with Crippen LogP contribution in [0.15, 0.2) is 24.3 Å². The van der Waals surface area contributed by atoms with Crippen LogP contribution in [0.3, 0.4) is 0 Å². The third-order valence-electron chi connectivity index (χ3n) is 4.07. The number of hydrogen-bond acceptors (Lipinski definition) is 1. The molecule has 0 heterocycles. The molecule has 0 bridgehead atoms. The van der Waals surface area contributed by atoms with Gasteiger partial charge in [0.1, 0.15) is 0 Å². The van der Waals surface area contributed by atoms with E-state index in [9.17, 15) is 0 Å². The average molecular weight is 275 g/mol. The van der Waals surface area contributed by atoms with Crippen LogP contribution in [-0.4, -0.2) is 12.6 Å². The minimum absolute atomic E-state index is 0.651. The van der Waals surface area contributed by atoms with E-state index in [1.54, 1.807) is 0 Å². The summed E-state index contributed by atoms with van der Waals surface area (Å²) in [6.45, 7) is 7.90. The molecule has 0 fully saturated rings. The van der Waals surface area contributed by atoms with Crippen LogP contribution in [0.4, 0.5) is 0 Å². The van der Waals surface area contributed by atoms with Gasteiger partial charge in [-0.15, -0.1) is 0 Å². The standard InChI is InChI=1S/C19H33N/c1-4-6-7-8-9-14-19(20-15-5-2)16-18-13-11-10-12-17(18)3/h10-13,19-20H,4-9,14-16H2,1-3H3. The zero-order valence-electron chi connectivity index (χ0n) is 13.8. The molecule has 0 aliphatic carbocycles. The van der Waals surface area contributed by atoms with Gasteiger partial charge in [0, 0.05) is 6.04 Å². The Morgan fingerprint density at radius 2 is 1.70 bits per heavy atom. The van der Waals surface area contributed by atoms with Crippen LogP contribution in [-0.2, 0) is 6.42 Å². The van der Waals surface area contributed by atoms with Crippen molar-refractivity contribution in [2.45, 2.75) is 78.2 Å². The lowest BCUT2D eigenvalue weighted by Crippen LogP contribution is -2.32. The Bertz CT molecular complexity index is 345. The maximum Gasteiger partial charge on any atom is 0.0108 e. The Balaban J connectivity index is 2.41. The zero-order valence-corrected chi connectivity index (χ0v) is 13.8. The van der Waals surface area contributed by atoms with Crippen LogP contribution >= 0.6 is 0 Å². The Morgan fingerprint density at radius 1 is 0.950 bits per heavy atom. The van der Waals surface area contributed by atoms with Gasteiger partial charge in [0.05, 0.1) is 0 Å². The molecule has 1 atom stereocenters. The fourth-order valence-electron chi connectivity index (χ4n) is 2.72. The predicted molar refractivity (Wildman–Crippen MR) is 90.3 cm³/mol. The largest absolute Gasteiger partial charge is 0.314 e. The molecule has 1 heteroatoms. The van der Waals surface area contributed by atoms with E-state index in [-0.39, 0.29) is 0 Å². The molecule has 1 nitrogen and oxygen atoms in total. The zero-order chi connectivity index (χ0) is 14.6. The molecule has 0 saturated carbocycles. The summed E-state index contributed by atoms with van der Waals surface area (Å²) >= 11 is 0. The highest BCUT2D eigenvalue weighted by Gasteiger charge is 2.09. The highest BCUT2D eigenvalue weighted by atomic mass is 14.9. The van der Waals surface area contributed by atoms with Gasteiger partial charge in [0.2, 0.25) is 0 Å². The lowest BCUT2D eigenvalue weighted by atomic mass is 9.97. The fraction of sp³-hybridized carbons (Fsp3) is 0.684. The van der Waals surface area contributed by atoms with Gasteiger partial charge in [-0.05, 0) is 43.9 Å². The van der Waals surface area contributed by atoms with Crippen molar-refractivity contribution in [2.75, 3.05) is 6.54 Å². The third-order valence-corrected chi connectivity index (χ3v) is 4.07. The topological polar surface area (TPSA) is 12.0 Å². The van der Waals surface area contributed by atoms with Gasteiger partial charge in [-0.1, -0.05) is 70.2 Å². The number of benzene rings is 1. The molecule has 114 valence electrons. The smallest absolute Gasteiger partial charge is 0.0108 e. The number of aryl methyl sites for hydroxylation is 1. The van der Waals surface area contributed by atoms with E-state index in [4.69, 9.17) is 0 Å². The second kappa shape index (κ2) is 10.9. The van der Waals surface area contributed by atoms with E-state index >= 15 is 0 Å². The van der Waals surface area contributed by atoms with Gasteiger partial charge < -0.3 is 5.32 Å². The summed E-state index contributed by atoms with van der Waals surface area (Å²) in [6.07, 6.45) is 10.6. The van der Waals surface area contributed by atoms with Crippen molar-refractivity contribution < 1.29 is 0 Å². The molecular weight excluding hydrogens is 242 g/mol. The SMILES string of the molecule is CCCCCCCC(Cc1ccccc1C)NCCC. The van der Waals surface area contributed by atoms with Crippen molar-refractivity contribution in [1.29, 1.82) is 0 Å². The summed E-state index contributed by atoms with van der Waals surface area (Å²) in [5.41, 5.74) is 2.94. The van der Waals surface area contributed by atoms with E-state index in [0.29, 0.717) is 6.04 Å². The molecule has 0 radical (unpaired) electrons. The lowest BCUT2D eigenvalue weighted by molar-refractivity contribution is 0.451. The summed E-state index contributed by atoms with van der Waals surface area (Å²) in [5, 5.41) is 3.74. The highest BCUT2D eigenvalue weighted by Crippen LogP contribution is 2.14. The van der Waals surface area contributed by atoms with Gasteiger partial charge in [-0.3, -0.25) is 0 Å². The van der Waals surface area contributed by atoms with E-state index in [2.05, 4.69) is 50.4 Å². The van der Waals surface area contributed by atoms with Crippen LogP contribution in [0, 0.1) is 6.92 Å². The third kappa shape index (κ3) is 7.09. The Kier molecular flexibility index (Phi) is 9.40. The summed E-state index contributed by atoms with van der Waals surface area (Å²) in [5.74, 6) is 0. The van der Waals surface area contributed by atoms with E-state index in [0.717, 1.165) is 6.54 Å². The molecular formula is C19H33N. The minimum atomic E-state index is 0.651. The first kappa shape index (κ1) is 17.2. The quantitative estimate of drug-likeness (QED) is 0.543. The second-order valence-corrected chi connectivity index (χ2v) is 5.98. The molecule has 1 unspecified atom stereocenters. The Labute approximate surface area is 126 Å². The summed E-state index contributed by atoms with van der Waals surface area (Å²) in [7, 11) is 0. The van der Waals surface area contributed by atoms with Crippen molar-refractivity contribution in [3.8, 4) is 0 Å². The van der Waals surface area contributed by atoms with E-state index in [1.807, 2.05) is 0 Å². The number of nitrogens with one attached hydrogen (secondary N) is 1. The molecule has 0 aromatic heterocycles. The highest BCUT2D eigenvalue weighted by molar-refractivity contribution is 5.26. The number of unbranched alkanes of at least 4 members (excludes halogenated alkanes) is 4. The van der Waals surface area contributed by atoms with Gasteiger partial charge in [-0.2, -0.15) is 0 Å². The van der Waals surface area contributed by atoms with Crippen LogP contribution in [0.5, 0.6) is 0 Å². The molecule has 0 spiro atoms. The van der Waals surface area contributed by atoms with E-state index < -0.39 is 0 Å². The number of hydrogen-bond donors (Lipinski definition) is 1. The maximum absolute atomic E-state index is 3.74. The van der Waals surface area contributed by atoms with Crippen LogP contribution in [0.2, 0.25) is 0 Å². The monoisotopic (exact) mass is 275 g/mol. The fourth-order valence-corrected chi connectivity index (χ4v) is 2.72. The number of rotatable bonds is 11. The van der Waals surface area contributed by atoms with Gasteiger partial charge in [0.15, 0.2) is 0 Å². The molecule has 1 aromatic carbocycles. The first-order chi connectivity index (χ1) is 9.77. The van der Waals surface area contributed by atoms with Crippen molar-refractivity contribution in [3.05, 3.63) is 35.4 Å². The Morgan fingerprint density at radius 3 is 2.40 bits per heavy atom. The maximum atomic E-state index is 3.74. The molecule has 0 saturated heterocycles. The molecule has 0 amide bonds.